The van der Waals surface area contributed by atoms with Crippen molar-refractivity contribution in [1.82, 2.24) is 4.98 Å². The van der Waals surface area contributed by atoms with Gasteiger partial charge in [0.1, 0.15) is 4.88 Å². The third kappa shape index (κ3) is 3.94. The molecule has 1 heterocycles. The van der Waals surface area contributed by atoms with Crippen LogP contribution < -0.4 is 10.6 Å². The van der Waals surface area contributed by atoms with E-state index in [-0.39, 0.29) is 5.91 Å². The lowest BCUT2D eigenvalue weighted by Crippen LogP contribution is -2.11. The number of thiazole rings is 1. The molecule has 2 aromatic carbocycles. The molecule has 5 heteroatoms. The zero-order chi connectivity index (χ0) is 18.8. The Labute approximate surface area is 158 Å². The highest BCUT2D eigenvalue weighted by Gasteiger charge is 2.16. The number of hydrogen-bond acceptors (Lipinski definition) is 4. The summed E-state index contributed by atoms with van der Waals surface area (Å²) in [7, 11) is 0. The molecule has 0 aliphatic rings. The molecule has 3 rings (SSSR count). The van der Waals surface area contributed by atoms with Crippen LogP contribution in [0.15, 0.2) is 36.4 Å². The average Bonchev–Trinajstić information content (AvgIpc) is 2.94. The number of aryl methyl sites for hydroxylation is 5. The van der Waals surface area contributed by atoms with Crippen LogP contribution in [0.5, 0.6) is 0 Å². The summed E-state index contributed by atoms with van der Waals surface area (Å²) in [4.78, 5) is 17.8. The molecule has 0 aliphatic heterocycles. The monoisotopic (exact) mass is 365 g/mol. The molecule has 0 bridgehead atoms. The highest BCUT2D eigenvalue weighted by molar-refractivity contribution is 7.17. The number of nitrogens with zero attached hydrogens (tertiary/aromatic N) is 1. The van der Waals surface area contributed by atoms with Gasteiger partial charge in [-0.05, 0) is 69.5 Å². The minimum atomic E-state index is -0.128. The lowest BCUT2D eigenvalue weighted by atomic mass is 10.1. The smallest absolute Gasteiger partial charge is 0.267 e. The van der Waals surface area contributed by atoms with Crippen LogP contribution in [0, 0.1) is 34.6 Å². The Hall–Kier alpha value is -2.66. The van der Waals surface area contributed by atoms with Crippen molar-refractivity contribution >= 4 is 33.8 Å². The number of carbonyl (C=O) groups is 1. The maximum absolute atomic E-state index is 12.6. The summed E-state index contributed by atoms with van der Waals surface area (Å²) in [5.41, 5.74) is 7.26. The molecular formula is C21H23N3OS. The highest BCUT2D eigenvalue weighted by Crippen LogP contribution is 2.28. The van der Waals surface area contributed by atoms with Crippen molar-refractivity contribution in [2.75, 3.05) is 10.6 Å². The number of aromatic nitrogens is 1. The lowest BCUT2D eigenvalue weighted by Gasteiger charge is -2.07. The number of nitrogens with one attached hydrogen (secondary N) is 2. The Bertz CT molecular complexity index is 975. The molecule has 0 fully saturated rings. The largest absolute Gasteiger partial charge is 0.331 e. The summed E-state index contributed by atoms with van der Waals surface area (Å²) < 4.78 is 0. The van der Waals surface area contributed by atoms with Crippen molar-refractivity contribution in [3.63, 3.8) is 0 Å². The highest BCUT2D eigenvalue weighted by atomic mass is 32.1. The van der Waals surface area contributed by atoms with Gasteiger partial charge in [0, 0.05) is 11.4 Å². The minimum Gasteiger partial charge on any atom is -0.331 e. The lowest BCUT2D eigenvalue weighted by molar-refractivity contribution is 0.103. The molecule has 0 radical (unpaired) electrons. The average molecular weight is 366 g/mol. The van der Waals surface area contributed by atoms with E-state index in [0.717, 1.165) is 33.3 Å². The molecule has 0 unspecified atom stereocenters. The van der Waals surface area contributed by atoms with Crippen LogP contribution in [0.1, 0.15) is 37.6 Å². The zero-order valence-corrected chi connectivity index (χ0v) is 16.5. The third-order valence-corrected chi connectivity index (χ3v) is 5.46. The molecule has 26 heavy (non-hydrogen) atoms. The van der Waals surface area contributed by atoms with E-state index in [1.165, 1.54) is 22.5 Å². The second kappa shape index (κ2) is 7.30. The van der Waals surface area contributed by atoms with E-state index < -0.39 is 0 Å². The topological polar surface area (TPSA) is 54.0 Å². The van der Waals surface area contributed by atoms with Crippen LogP contribution in [0.3, 0.4) is 0 Å². The first-order chi connectivity index (χ1) is 12.3. The van der Waals surface area contributed by atoms with E-state index >= 15 is 0 Å². The second-order valence-electron chi connectivity index (χ2n) is 6.63. The van der Waals surface area contributed by atoms with Gasteiger partial charge in [-0.2, -0.15) is 0 Å². The van der Waals surface area contributed by atoms with Crippen LogP contribution in [0.2, 0.25) is 0 Å². The quantitative estimate of drug-likeness (QED) is 0.625. The van der Waals surface area contributed by atoms with E-state index in [2.05, 4.69) is 48.5 Å². The molecule has 2 N–H and O–H groups in total. The number of anilines is 3. The van der Waals surface area contributed by atoms with E-state index in [1.54, 1.807) is 0 Å². The fourth-order valence-corrected chi connectivity index (χ4v) is 3.61. The summed E-state index contributed by atoms with van der Waals surface area (Å²) in [6, 6.07) is 12.1. The summed E-state index contributed by atoms with van der Waals surface area (Å²) in [6.07, 6.45) is 0. The summed E-state index contributed by atoms with van der Waals surface area (Å²) in [5.74, 6) is -0.128. The molecule has 0 saturated heterocycles. The molecule has 4 nitrogen and oxygen atoms in total. The van der Waals surface area contributed by atoms with Gasteiger partial charge in [-0.3, -0.25) is 4.79 Å². The van der Waals surface area contributed by atoms with E-state index in [1.807, 2.05) is 38.1 Å². The van der Waals surface area contributed by atoms with E-state index in [0.29, 0.717) is 4.88 Å². The van der Waals surface area contributed by atoms with Gasteiger partial charge in [0.05, 0.1) is 5.69 Å². The van der Waals surface area contributed by atoms with Crippen molar-refractivity contribution in [3.8, 4) is 0 Å². The standard InChI is InChI=1S/C21H23N3OS/c1-12-6-9-18(15(4)10-12)24-21-22-16(5)19(26-21)20(25)23-17-8-7-13(2)14(3)11-17/h6-11H,1-5H3,(H,22,24)(H,23,25). The molecule has 134 valence electrons. The van der Waals surface area contributed by atoms with Gasteiger partial charge in [-0.1, -0.05) is 35.1 Å². The fraction of sp³-hybridized carbons (Fsp3) is 0.238. The van der Waals surface area contributed by atoms with Crippen molar-refractivity contribution in [1.29, 1.82) is 0 Å². The van der Waals surface area contributed by atoms with Crippen molar-refractivity contribution in [2.24, 2.45) is 0 Å². The molecule has 0 spiro atoms. The van der Waals surface area contributed by atoms with E-state index in [9.17, 15) is 4.79 Å². The zero-order valence-electron chi connectivity index (χ0n) is 15.7. The number of hydrogen-bond donors (Lipinski definition) is 2. The molecule has 0 atom stereocenters. The summed E-state index contributed by atoms with van der Waals surface area (Å²) >= 11 is 1.37. The Morgan fingerprint density at radius 2 is 1.69 bits per heavy atom. The third-order valence-electron chi connectivity index (χ3n) is 4.39. The van der Waals surface area contributed by atoms with Crippen molar-refractivity contribution < 1.29 is 4.79 Å². The number of benzene rings is 2. The predicted molar refractivity (Wildman–Crippen MR) is 110 cm³/mol. The van der Waals surface area contributed by atoms with Gasteiger partial charge in [0.15, 0.2) is 5.13 Å². The predicted octanol–water partition coefficient (Wildman–Crippen LogP) is 5.68. The van der Waals surface area contributed by atoms with Gasteiger partial charge in [-0.15, -0.1) is 0 Å². The molecule has 1 aromatic heterocycles. The number of carbonyl (C=O) groups excluding carboxylic acids is 1. The Morgan fingerprint density at radius 3 is 2.38 bits per heavy atom. The first kappa shape index (κ1) is 18.1. The van der Waals surface area contributed by atoms with Gasteiger partial charge >= 0.3 is 0 Å². The summed E-state index contributed by atoms with van der Waals surface area (Å²) in [6.45, 7) is 10.1. The van der Waals surface area contributed by atoms with Crippen LogP contribution in [0.25, 0.3) is 0 Å². The molecule has 1 amide bonds. The Kier molecular flexibility index (Phi) is 5.09. The summed E-state index contributed by atoms with van der Waals surface area (Å²) in [5, 5.41) is 7.01. The first-order valence-electron chi connectivity index (χ1n) is 8.54. The number of amides is 1. The molecule has 0 aliphatic carbocycles. The molecule has 3 aromatic rings. The van der Waals surface area contributed by atoms with Crippen LogP contribution in [-0.2, 0) is 0 Å². The van der Waals surface area contributed by atoms with Crippen molar-refractivity contribution in [3.05, 3.63) is 69.2 Å². The van der Waals surface area contributed by atoms with Crippen LogP contribution in [0.4, 0.5) is 16.5 Å². The van der Waals surface area contributed by atoms with Crippen LogP contribution >= 0.6 is 11.3 Å². The minimum absolute atomic E-state index is 0.128. The van der Waals surface area contributed by atoms with Crippen LogP contribution in [-0.4, -0.2) is 10.9 Å². The second-order valence-corrected chi connectivity index (χ2v) is 7.63. The SMILES string of the molecule is Cc1ccc(Nc2nc(C)c(C(=O)Nc3ccc(C)c(C)c3)s2)c(C)c1. The molecular weight excluding hydrogens is 342 g/mol. The maximum Gasteiger partial charge on any atom is 0.267 e. The Balaban J connectivity index is 1.78. The van der Waals surface area contributed by atoms with E-state index in [4.69, 9.17) is 0 Å². The van der Waals surface area contributed by atoms with Gasteiger partial charge in [0.25, 0.3) is 5.91 Å². The Morgan fingerprint density at radius 1 is 0.923 bits per heavy atom. The number of rotatable bonds is 4. The maximum atomic E-state index is 12.6. The van der Waals surface area contributed by atoms with Gasteiger partial charge < -0.3 is 10.6 Å². The fourth-order valence-electron chi connectivity index (χ4n) is 2.74. The van der Waals surface area contributed by atoms with Gasteiger partial charge in [-0.25, -0.2) is 4.98 Å². The van der Waals surface area contributed by atoms with Gasteiger partial charge in [0.2, 0.25) is 0 Å². The first-order valence-corrected chi connectivity index (χ1v) is 9.35. The van der Waals surface area contributed by atoms with Crippen molar-refractivity contribution in [2.45, 2.75) is 34.6 Å². The normalized spacial score (nSPS) is 10.7. The molecule has 0 saturated carbocycles.